The summed E-state index contributed by atoms with van der Waals surface area (Å²) in [6.45, 7) is 3.05. The number of aryl methyl sites for hydroxylation is 1. The number of anilines is 1. The van der Waals surface area contributed by atoms with Gasteiger partial charge in [-0.1, -0.05) is 37.3 Å². The van der Waals surface area contributed by atoms with E-state index in [1.807, 2.05) is 37.3 Å². The highest BCUT2D eigenvalue weighted by Crippen LogP contribution is 2.34. The second-order valence-corrected chi connectivity index (χ2v) is 9.89. The Kier molecular flexibility index (Phi) is 5.45. The van der Waals surface area contributed by atoms with E-state index in [0.29, 0.717) is 18.2 Å². The van der Waals surface area contributed by atoms with E-state index >= 15 is 0 Å². The van der Waals surface area contributed by atoms with Crippen LogP contribution in [0.15, 0.2) is 30.3 Å². The lowest BCUT2D eigenvalue weighted by molar-refractivity contribution is -0.119. The van der Waals surface area contributed by atoms with Crippen molar-refractivity contribution < 1.29 is 13.2 Å². The van der Waals surface area contributed by atoms with Crippen molar-refractivity contribution in [2.24, 2.45) is 0 Å². The first kappa shape index (κ1) is 19.0. The van der Waals surface area contributed by atoms with E-state index in [2.05, 4.69) is 15.6 Å². The molecule has 0 saturated carbocycles. The molecule has 1 amide bonds. The summed E-state index contributed by atoms with van der Waals surface area (Å²) in [5.74, 6) is -0.475. The zero-order chi connectivity index (χ0) is 18.8. The number of rotatable bonds is 5. The Morgan fingerprint density at radius 2 is 1.92 bits per heavy atom. The van der Waals surface area contributed by atoms with Gasteiger partial charge in [0.25, 0.3) is 0 Å². The Bertz CT molecular complexity index is 886. The van der Waals surface area contributed by atoms with Crippen LogP contribution in [-0.4, -0.2) is 43.4 Å². The highest BCUT2D eigenvalue weighted by Gasteiger charge is 2.48. The maximum absolute atomic E-state index is 12.9. The van der Waals surface area contributed by atoms with E-state index in [9.17, 15) is 13.2 Å². The number of hydrogen-bond acceptors (Lipinski definition) is 6. The Hall–Kier alpha value is -1.77. The predicted molar refractivity (Wildman–Crippen MR) is 105 cm³/mol. The molecular formula is C18H23N3O3S2. The van der Waals surface area contributed by atoms with Crippen molar-refractivity contribution in [3.63, 3.8) is 0 Å². The van der Waals surface area contributed by atoms with Crippen molar-refractivity contribution >= 4 is 32.2 Å². The normalized spacial score (nSPS) is 17.0. The van der Waals surface area contributed by atoms with Crippen LogP contribution in [0.3, 0.4) is 0 Å². The maximum Gasteiger partial charge on any atom is 0.247 e. The summed E-state index contributed by atoms with van der Waals surface area (Å²) in [6.07, 6.45) is 2.48. The van der Waals surface area contributed by atoms with Crippen LogP contribution < -0.4 is 10.6 Å². The molecule has 1 aromatic heterocycles. The summed E-state index contributed by atoms with van der Waals surface area (Å²) in [5.41, 5.74) is 1.83. The van der Waals surface area contributed by atoms with Gasteiger partial charge in [-0.05, 0) is 32.4 Å². The summed E-state index contributed by atoms with van der Waals surface area (Å²) in [5, 5.41) is 6.35. The summed E-state index contributed by atoms with van der Waals surface area (Å²) in [7, 11) is -3.54. The van der Waals surface area contributed by atoms with Gasteiger partial charge < -0.3 is 10.6 Å². The van der Waals surface area contributed by atoms with Gasteiger partial charge in [0.2, 0.25) is 5.91 Å². The molecular weight excluding hydrogens is 370 g/mol. The largest absolute Gasteiger partial charge is 0.317 e. The average molecular weight is 394 g/mol. The molecule has 2 heterocycles. The summed E-state index contributed by atoms with van der Waals surface area (Å²) in [6, 6.07) is 9.78. The first-order valence-electron chi connectivity index (χ1n) is 8.64. The van der Waals surface area contributed by atoms with Gasteiger partial charge in [-0.25, -0.2) is 13.4 Å². The van der Waals surface area contributed by atoms with E-state index in [1.54, 1.807) is 0 Å². The number of nitrogens with one attached hydrogen (secondary N) is 2. The van der Waals surface area contributed by atoms with Crippen LogP contribution in [0.4, 0.5) is 5.13 Å². The number of benzene rings is 1. The molecule has 8 heteroatoms. The van der Waals surface area contributed by atoms with E-state index in [1.165, 1.54) is 11.3 Å². The van der Waals surface area contributed by atoms with Crippen LogP contribution in [0, 0.1) is 0 Å². The lowest BCUT2D eigenvalue weighted by atomic mass is 9.96. The number of amides is 1. The van der Waals surface area contributed by atoms with Crippen molar-refractivity contribution in [2.45, 2.75) is 30.9 Å². The summed E-state index contributed by atoms with van der Waals surface area (Å²) >= 11 is 1.40. The third-order valence-electron chi connectivity index (χ3n) is 4.82. The third kappa shape index (κ3) is 3.54. The van der Waals surface area contributed by atoms with Gasteiger partial charge in [0, 0.05) is 16.7 Å². The zero-order valence-corrected chi connectivity index (χ0v) is 16.5. The van der Waals surface area contributed by atoms with Crippen molar-refractivity contribution in [3.8, 4) is 11.3 Å². The molecule has 2 N–H and O–H groups in total. The molecule has 0 radical (unpaired) electrons. The fourth-order valence-corrected chi connectivity index (χ4v) is 5.53. The van der Waals surface area contributed by atoms with Gasteiger partial charge in [0.1, 0.15) is 0 Å². The van der Waals surface area contributed by atoms with Gasteiger partial charge in [-0.3, -0.25) is 4.79 Å². The average Bonchev–Trinajstić information content (AvgIpc) is 3.05. The molecule has 140 valence electrons. The van der Waals surface area contributed by atoms with Crippen molar-refractivity contribution in [1.82, 2.24) is 10.3 Å². The van der Waals surface area contributed by atoms with E-state index < -0.39 is 20.5 Å². The molecule has 3 rings (SSSR count). The summed E-state index contributed by atoms with van der Waals surface area (Å²) in [4.78, 5) is 18.6. The fourth-order valence-electron chi connectivity index (χ4n) is 3.27. The number of thiazole rings is 1. The molecule has 0 bridgehead atoms. The molecule has 1 aliphatic heterocycles. The zero-order valence-electron chi connectivity index (χ0n) is 14.9. The molecule has 1 aromatic carbocycles. The minimum absolute atomic E-state index is 0.273. The topological polar surface area (TPSA) is 88.2 Å². The molecule has 0 spiro atoms. The van der Waals surface area contributed by atoms with Gasteiger partial charge in [0.05, 0.1) is 5.69 Å². The highest BCUT2D eigenvalue weighted by atomic mass is 32.2. The minimum Gasteiger partial charge on any atom is -0.317 e. The Morgan fingerprint density at radius 1 is 1.27 bits per heavy atom. The smallest absolute Gasteiger partial charge is 0.247 e. The van der Waals surface area contributed by atoms with Crippen LogP contribution in [0.5, 0.6) is 0 Å². The minimum atomic E-state index is -3.54. The van der Waals surface area contributed by atoms with Gasteiger partial charge in [-0.2, -0.15) is 0 Å². The standard InChI is InChI=1S/C18H23N3O3S2/c1-3-14-15(13-7-5-4-6-8-13)20-17(25-14)21-16(22)18(26(2,23)24)9-11-19-12-10-18/h4-8,19H,3,9-12H2,1-2H3,(H,20,21,22). The molecule has 1 fully saturated rings. The highest BCUT2D eigenvalue weighted by molar-refractivity contribution is 7.92. The Balaban J connectivity index is 1.91. The van der Waals surface area contributed by atoms with Crippen LogP contribution in [-0.2, 0) is 21.1 Å². The number of carbonyl (C=O) groups excluding carboxylic acids is 1. The molecule has 0 unspecified atom stereocenters. The second-order valence-electron chi connectivity index (χ2n) is 6.48. The first-order chi connectivity index (χ1) is 12.4. The quantitative estimate of drug-likeness (QED) is 0.815. The van der Waals surface area contributed by atoms with Gasteiger partial charge >= 0.3 is 0 Å². The molecule has 0 aliphatic carbocycles. The lowest BCUT2D eigenvalue weighted by Crippen LogP contribution is -2.55. The van der Waals surface area contributed by atoms with Crippen molar-refractivity contribution in [1.29, 1.82) is 0 Å². The van der Waals surface area contributed by atoms with E-state index in [4.69, 9.17) is 0 Å². The number of sulfone groups is 1. The van der Waals surface area contributed by atoms with E-state index in [0.717, 1.165) is 28.8 Å². The lowest BCUT2D eigenvalue weighted by Gasteiger charge is -2.33. The van der Waals surface area contributed by atoms with Crippen LogP contribution in [0.2, 0.25) is 0 Å². The molecule has 1 saturated heterocycles. The number of nitrogens with zero attached hydrogens (tertiary/aromatic N) is 1. The third-order valence-corrected chi connectivity index (χ3v) is 7.95. The summed E-state index contributed by atoms with van der Waals surface area (Å²) < 4.78 is 23.4. The number of hydrogen-bond donors (Lipinski definition) is 2. The van der Waals surface area contributed by atoms with Crippen LogP contribution in [0.1, 0.15) is 24.6 Å². The Morgan fingerprint density at radius 3 is 2.50 bits per heavy atom. The maximum atomic E-state index is 12.9. The van der Waals surface area contributed by atoms with Gasteiger partial charge in [0.15, 0.2) is 19.7 Å². The van der Waals surface area contributed by atoms with Crippen molar-refractivity contribution in [2.75, 3.05) is 24.7 Å². The fraction of sp³-hybridized carbons (Fsp3) is 0.444. The molecule has 26 heavy (non-hydrogen) atoms. The second kappa shape index (κ2) is 7.46. The predicted octanol–water partition coefficient (Wildman–Crippen LogP) is 2.48. The van der Waals surface area contributed by atoms with Crippen molar-refractivity contribution in [3.05, 3.63) is 35.2 Å². The van der Waals surface area contributed by atoms with Gasteiger partial charge in [-0.15, -0.1) is 11.3 Å². The van der Waals surface area contributed by atoms with Crippen LogP contribution >= 0.6 is 11.3 Å². The monoisotopic (exact) mass is 393 g/mol. The molecule has 2 aromatic rings. The molecule has 1 aliphatic rings. The first-order valence-corrected chi connectivity index (χ1v) is 11.3. The molecule has 6 nitrogen and oxygen atoms in total. The SMILES string of the molecule is CCc1sc(NC(=O)C2(S(C)(=O)=O)CCNCC2)nc1-c1ccccc1. The number of piperidine rings is 1. The Labute approximate surface area is 158 Å². The number of aromatic nitrogens is 1. The molecule has 0 atom stereocenters. The number of carbonyl (C=O) groups is 1. The van der Waals surface area contributed by atoms with Crippen LogP contribution in [0.25, 0.3) is 11.3 Å². The van der Waals surface area contributed by atoms with E-state index in [-0.39, 0.29) is 12.8 Å².